The molecule has 2 aromatic rings. The lowest BCUT2D eigenvalue weighted by Crippen LogP contribution is -2.30. The Morgan fingerprint density at radius 3 is 2.38 bits per heavy atom. The normalized spacial score (nSPS) is 12.1. The van der Waals surface area contributed by atoms with Crippen LogP contribution in [0.25, 0.3) is 0 Å². The Bertz CT molecular complexity index is 544. The molecule has 0 spiro atoms. The van der Waals surface area contributed by atoms with Crippen molar-refractivity contribution in [1.82, 2.24) is 0 Å². The fourth-order valence-corrected chi connectivity index (χ4v) is 2.37. The quantitative estimate of drug-likeness (QED) is 0.826. The smallest absolute Gasteiger partial charge is 0.129 e. The summed E-state index contributed by atoms with van der Waals surface area (Å²) in [6.45, 7) is 3.38. The van der Waals surface area contributed by atoms with E-state index in [1.807, 2.05) is 30.3 Å². The van der Waals surface area contributed by atoms with E-state index < -0.39 is 6.10 Å². The Balaban J connectivity index is 2.13. The van der Waals surface area contributed by atoms with Crippen LogP contribution in [0.4, 0.5) is 10.1 Å². The van der Waals surface area contributed by atoms with Gasteiger partial charge in [0.25, 0.3) is 0 Å². The van der Waals surface area contributed by atoms with Crippen molar-refractivity contribution < 1.29 is 9.50 Å². The van der Waals surface area contributed by atoms with E-state index in [4.69, 9.17) is 0 Å². The monoisotopic (exact) mass is 287 g/mol. The maximum atomic E-state index is 13.8. The van der Waals surface area contributed by atoms with E-state index in [0.29, 0.717) is 12.1 Å². The van der Waals surface area contributed by atoms with Crippen LogP contribution in [0.2, 0.25) is 0 Å². The average Bonchev–Trinajstić information content (AvgIpc) is 2.52. The Morgan fingerprint density at radius 2 is 1.71 bits per heavy atom. The number of aliphatic hydroxyl groups excluding tert-OH is 1. The predicted octanol–water partition coefficient (Wildman–Crippen LogP) is 4.17. The summed E-state index contributed by atoms with van der Waals surface area (Å²) in [6.07, 6.45) is 1.29. The highest BCUT2D eigenvalue weighted by molar-refractivity contribution is 5.46. The lowest BCUT2D eigenvalue weighted by molar-refractivity contribution is 0.178. The van der Waals surface area contributed by atoms with Crippen LogP contribution < -0.4 is 4.90 Å². The summed E-state index contributed by atoms with van der Waals surface area (Å²) in [6, 6.07) is 16.4. The van der Waals surface area contributed by atoms with E-state index >= 15 is 0 Å². The molecule has 0 radical (unpaired) electrons. The number of aliphatic hydroxyl groups is 1. The average molecular weight is 287 g/mol. The third-order valence-electron chi connectivity index (χ3n) is 3.56. The zero-order valence-corrected chi connectivity index (χ0v) is 12.4. The molecule has 112 valence electrons. The summed E-state index contributed by atoms with van der Waals surface area (Å²) in [5.41, 5.74) is 1.41. The molecule has 0 aliphatic heterocycles. The van der Waals surface area contributed by atoms with Crippen molar-refractivity contribution in [2.45, 2.75) is 25.9 Å². The van der Waals surface area contributed by atoms with Crippen LogP contribution in [0.15, 0.2) is 54.6 Å². The molecule has 1 N–H and O–H groups in total. The van der Waals surface area contributed by atoms with Gasteiger partial charge in [-0.1, -0.05) is 49.7 Å². The van der Waals surface area contributed by atoms with Crippen molar-refractivity contribution in [2.75, 3.05) is 18.0 Å². The van der Waals surface area contributed by atoms with Gasteiger partial charge in [0.05, 0.1) is 6.10 Å². The van der Waals surface area contributed by atoms with E-state index in [9.17, 15) is 9.50 Å². The lowest BCUT2D eigenvalue weighted by Gasteiger charge is -2.27. The minimum absolute atomic E-state index is 0.353. The largest absolute Gasteiger partial charge is 0.386 e. The summed E-state index contributed by atoms with van der Waals surface area (Å²) in [5.74, 6) is -0.353. The van der Waals surface area contributed by atoms with Gasteiger partial charge in [-0.05, 0) is 24.6 Å². The fourth-order valence-electron chi connectivity index (χ4n) is 2.37. The molecule has 3 heteroatoms. The van der Waals surface area contributed by atoms with Gasteiger partial charge < -0.3 is 10.0 Å². The summed E-state index contributed by atoms with van der Waals surface area (Å²) in [4.78, 5) is 2.11. The molecule has 0 heterocycles. The molecule has 0 aliphatic carbocycles. The molecule has 0 aromatic heterocycles. The van der Waals surface area contributed by atoms with E-state index in [-0.39, 0.29) is 5.82 Å². The Morgan fingerprint density at radius 1 is 1.05 bits per heavy atom. The van der Waals surface area contributed by atoms with Gasteiger partial charge in [0.15, 0.2) is 0 Å². The maximum absolute atomic E-state index is 13.8. The second-order valence-electron chi connectivity index (χ2n) is 5.17. The third kappa shape index (κ3) is 4.30. The van der Waals surface area contributed by atoms with Crippen molar-refractivity contribution in [1.29, 1.82) is 0 Å². The summed E-state index contributed by atoms with van der Waals surface area (Å²) in [7, 11) is 0. The van der Waals surface area contributed by atoms with Crippen molar-refractivity contribution in [3.05, 3.63) is 66.0 Å². The number of rotatable bonds is 7. The van der Waals surface area contributed by atoms with E-state index in [2.05, 4.69) is 11.8 Å². The zero-order valence-electron chi connectivity index (χ0n) is 12.4. The molecule has 0 fully saturated rings. The van der Waals surface area contributed by atoms with Crippen molar-refractivity contribution in [2.24, 2.45) is 0 Å². The highest BCUT2D eigenvalue weighted by Crippen LogP contribution is 2.22. The number of hydrogen-bond acceptors (Lipinski definition) is 2. The zero-order chi connectivity index (χ0) is 15.1. The topological polar surface area (TPSA) is 23.5 Å². The molecule has 1 unspecified atom stereocenters. The first-order valence-corrected chi connectivity index (χ1v) is 7.45. The van der Waals surface area contributed by atoms with Crippen molar-refractivity contribution in [3.8, 4) is 0 Å². The van der Waals surface area contributed by atoms with Gasteiger partial charge in [-0.15, -0.1) is 0 Å². The van der Waals surface area contributed by atoms with Crippen LogP contribution >= 0.6 is 0 Å². The number of benzene rings is 2. The van der Waals surface area contributed by atoms with Crippen molar-refractivity contribution in [3.63, 3.8) is 0 Å². The molecule has 2 nitrogen and oxygen atoms in total. The van der Waals surface area contributed by atoms with Gasteiger partial charge in [0.1, 0.15) is 5.82 Å². The standard InChI is InChI=1S/C18H22FNO/c1-2-3-13-20(15-9-5-4-6-10-15)14-18(21)16-11-7-8-12-17(16)19/h4-12,18,21H,2-3,13-14H2,1H3. The number of hydrogen-bond donors (Lipinski definition) is 1. The summed E-state index contributed by atoms with van der Waals surface area (Å²) >= 11 is 0. The second-order valence-corrected chi connectivity index (χ2v) is 5.17. The van der Waals surface area contributed by atoms with Crippen LogP contribution in [-0.4, -0.2) is 18.2 Å². The first-order valence-electron chi connectivity index (χ1n) is 7.45. The molecule has 0 saturated carbocycles. The van der Waals surface area contributed by atoms with Crippen LogP contribution in [-0.2, 0) is 0 Å². The highest BCUT2D eigenvalue weighted by atomic mass is 19.1. The molecular formula is C18H22FNO. The molecule has 0 amide bonds. The van der Waals surface area contributed by atoms with Gasteiger partial charge in [0.2, 0.25) is 0 Å². The number of para-hydroxylation sites is 1. The molecule has 1 atom stereocenters. The van der Waals surface area contributed by atoms with Gasteiger partial charge in [0, 0.05) is 24.3 Å². The fraction of sp³-hybridized carbons (Fsp3) is 0.333. The SMILES string of the molecule is CCCCN(CC(O)c1ccccc1F)c1ccccc1. The molecule has 2 aromatic carbocycles. The molecule has 0 aliphatic rings. The third-order valence-corrected chi connectivity index (χ3v) is 3.56. The number of anilines is 1. The summed E-state index contributed by atoms with van der Waals surface area (Å²) in [5, 5.41) is 10.4. The lowest BCUT2D eigenvalue weighted by atomic mass is 10.1. The number of halogens is 1. The number of nitrogens with zero attached hydrogens (tertiary/aromatic N) is 1. The van der Waals surface area contributed by atoms with Gasteiger partial charge in [-0.3, -0.25) is 0 Å². The number of unbranched alkanes of at least 4 members (excludes halogenated alkanes) is 1. The maximum Gasteiger partial charge on any atom is 0.129 e. The minimum Gasteiger partial charge on any atom is -0.386 e. The highest BCUT2D eigenvalue weighted by Gasteiger charge is 2.16. The van der Waals surface area contributed by atoms with Gasteiger partial charge in [-0.25, -0.2) is 4.39 Å². The Labute approximate surface area is 125 Å². The second kappa shape index (κ2) is 7.79. The molecule has 21 heavy (non-hydrogen) atoms. The minimum atomic E-state index is -0.830. The molecular weight excluding hydrogens is 265 g/mol. The van der Waals surface area contributed by atoms with E-state index in [1.165, 1.54) is 6.07 Å². The van der Waals surface area contributed by atoms with Crippen LogP contribution in [0.1, 0.15) is 31.4 Å². The van der Waals surface area contributed by atoms with Gasteiger partial charge in [-0.2, -0.15) is 0 Å². The van der Waals surface area contributed by atoms with E-state index in [0.717, 1.165) is 25.1 Å². The van der Waals surface area contributed by atoms with Gasteiger partial charge >= 0.3 is 0 Å². The molecule has 2 rings (SSSR count). The molecule has 0 saturated heterocycles. The Hall–Kier alpha value is -1.87. The molecule has 0 bridgehead atoms. The first-order chi connectivity index (χ1) is 10.2. The van der Waals surface area contributed by atoms with Crippen LogP contribution in [0.5, 0.6) is 0 Å². The van der Waals surface area contributed by atoms with Crippen LogP contribution in [0, 0.1) is 5.82 Å². The Kier molecular flexibility index (Phi) is 5.76. The summed E-state index contributed by atoms with van der Waals surface area (Å²) < 4.78 is 13.8. The van der Waals surface area contributed by atoms with Crippen LogP contribution in [0.3, 0.4) is 0 Å². The first kappa shape index (κ1) is 15.5. The van der Waals surface area contributed by atoms with Crippen molar-refractivity contribution >= 4 is 5.69 Å². The van der Waals surface area contributed by atoms with E-state index in [1.54, 1.807) is 18.2 Å². The predicted molar refractivity (Wildman–Crippen MR) is 84.9 cm³/mol.